The predicted octanol–water partition coefficient (Wildman–Crippen LogP) is 4.59. The van der Waals surface area contributed by atoms with Gasteiger partial charge in [0.2, 0.25) is 0 Å². The zero-order valence-electron chi connectivity index (χ0n) is 20.9. The van der Waals surface area contributed by atoms with Gasteiger partial charge in [0.25, 0.3) is 11.7 Å². The van der Waals surface area contributed by atoms with Crippen LogP contribution in [0.25, 0.3) is 5.76 Å². The molecule has 1 fully saturated rings. The Morgan fingerprint density at radius 3 is 2.49 bits per heavy atom. The Kier molecular flexibility index (Phi) is 7.57. The normalized spacial score (nSPS) is 16.5. The Morgan fingerprint density at radius 2 is 1.84 bits per heavy atom. The number of aryl methyl sites for hydroxylation is 1. The molecule has 190 valence electrons. The number of pyridine rings is 1. The maximum Gasteiger partial charge on any atom is 0.295 e. The lowest BCUT2D eigenvalue weighted by Gasteiger charge is -2.26. The van der Waals surface area contributed by atoms with Gasteiger partial charge in [-0.25, -0.2) is 0 Å². The fourth-order valence-electron chi connectivity index (χ4n) is 4.36. The van der Waals surface area contributed by atoms with Crippen LogP contribution in [0.5, 0.6) is 17.2 Å². The Labute approximate surface area is 215 Å². The Balaban J connectivity index is 1.86. The van der Waals surface area contributed by atoms with Crippen molar-refractivity contribution in [3.8, 4) is 17.2 Å². The number of rotatable bonds is 9. The number of carbonyl (C=O) groups excluding carboxylic acids is 2. The van der Waals surface area contributed by atoms with Crippen LogP contribution in [0.4, 0.5) is 0 Å². The van der Waals surface area contributed by atoms with Crippen LogP contribution < -0.4 is 14.2 Å². The first-order valence-corrected chi connectivity index (χ1v) is 11.6. The molecule has 0 aliphatic carbocycles. The number of hydrogen-bond acceptors (Lipinski definition) is 7. The SMILES string of the molecule is C=CCOc1ccc(C(O)=C2C(=O)C(=O)N(Cc3cccnc3)C2c2ccc(OC)c(OC)c2)cc1C. The lowest BCUT2D eigenvalue weighted by atomic mass is 9.94. The molecule has 37 heavy (non-hydrogen) atoms. The summed E-state index contributed by atoms with van der Waals surface area (Å²) >= 11 is 0. The first-order chi connectivity index (χ1) is 17.9. The molecule has 1 aliphatic rings. The minimum atomic E-state index is -0.864. The zero-order valence-corrected chi connectivity index (χ0v) is 20.9. The second kappa shape index (κ2) is 11.0. The number of benzene rings is 2. The van der Waals surface area contributed by atoms with E-state index in [2.05, 4.69) is 11.6 Å². The van der Waals surface area contributed by atoms with Crippen molar-refractivity contribution in [3.05, 3.63) is 101 Å². The fraction of sp³-hybridized carbons (Fsp3) is 0.207. The van der Waals surface area contributed by atoms with Crippen molar-refractivity contribution in [3.63, 3.8) is 0 Å². The third-order valence-corrected chi connectivity index (χ3v) is 6.14. The number of likely N-dealkylation sites (tertiary alicyclic amines) is 1. The molecule has 8 nitrogen and oxygen atoms in total. The highest BCUT2D eigenvalue weighted by Crippen LogP contribution is 2.43. The molecular formula is C29H28N2O6. The Bertz CT molecular complexity index is 1370. The summed E-state index contributed by atoms with van der Waals surface area (Å²) in [6.45, 7) is 5.95. The lowest BCUT2D eigenvalue weighted by molar-refractivity contribution is -0.140. The number of aliphatic hydroxyl groups is 1. The van der Waals surface area contributed by atoms with E-state index < -0.39 is 17.7 Å². The molecule has 1 amide bonds. The van der Waals surface area contributed by atoms with Crippen molar-refractivity contribution in [2.75, 3.05) is 20.8 Å². The molecule has 2 heterocycles. The summed E-state index contributed by atoms with van der Waals surface area (Å²) in [5, 5.41) is 11.4. The standard InChI is InChI=1S/C29H28N2O6/c1-5-13-37-22-10-9-21(14-18(22)2)27(32)25-26(20-8-11-23(35-3)24(15-20)36-4)31(29(34)28(25)33)17-19-7-6-12-30-16-19/h5-12,14-16,26,32H,1,13,17H2,2-4H3. The molecule has 0 saturated carbocycles. The molecule has 1 aliphatic heterocycles. The van der Waals surface area contributed by atoms with E-state index in [0.29, 0.717) is 35.0 Å². The summed E-state index contributed by atoms with van der Waals surface area (Å²) in [4.78, 5) is 32.2. The molecule has 3 aromatic rings. The average molecular weight is 501 g/mol. The first kappa shape index (κ1) is 25.5. The van der Waals surface area contributed by atoms with Crippen LogP contribution in [0.3, 0.4) is 0 Å². The van der Waals surface area contributed by atoms with E-state index in [0.717, 1.165) is 11.1 Å². The van der Waals surface area contributed by atoms with Crippen LogP contribution in [0, 0.1) is 6.92 Å². The van der Waals surface area contributed by atoms with Crippen LogP contribution in [0.1, 0.15) is 28.3 Å². The van der Waals surface area contributed by atoms with Crippen molar-refractivity contribution < 1.29 is 28.9 Å². The molecule has 4 rings (SSSR count). The number of ether oxygens (including phenoxy) is 3. The van der Waals surface area contributed by atoms with E-state index in [4.69, 9.17) is 14.2 Å². The van der Waals surface area contributed by atoms with Gasteiger partial charge in [-0.3, -0.25) is 14.6 Å². The van der Waals surface area contributed by atoms with Crippen molar-refractivity contribution in [1.29, 1.82) is 0 Å². The average Bonchev–Trinajstić information content (AvgIpc) is 3.17. The molecule has 1 atom stereocenters. The van der Waals surface area contributed by atoms with E-state index >= 15 is 0 Å². The first-order valence-electron chi connectivity index (χ1n) is 11.6. The van der Waals surface area contributed by atoms with Gasteiger partial charge in [0.1, 0.15) is 18.1 Å². The summed E-state index contributed by atoms with van der Waals surface area (Å²) in [7, 11) is 3.03. The molecule has 8 heteroatoms. The third kappa shape index (κ3) is 5.04. The van der Waals surface area contributed by atoms with E-state index in [1.807, 2.05) is 13.0 Å². The van der Waals surface area contributed by atoms with Crippen molar-refractivity contribution in [2.24, 2.45) is 0 Å². The Morgan fingerprint density at radius 1 is 1.08 bits per heavy atom. The summed E-state index contributed by atoms with van der Waals surface area (Å²) in [6.07, 6.45) is 4.91. The minimum Gasteiger partial charge on any atom is -0.507 e. The number of amides is 1. The molecule has 0 radical (unpaired) electrons. The van der Waals surface area contributed by atoms with E-state index in [1.165, 1.54) is 19.1 Å². The molecule has 1 unspecified atom stereocenters. The minimum absolute atomic E-state index is 0.0136. The van der Waals surface area contributed by atoms with Crippen LogP contribution >= 0.6 is 0 Å². The highest BCUT2D eigenvalue weighted by Gasteiger charge is 2.46. The van der Waals surface area contributed by atoms with Gasteiger partial charge in [-0.15, -0.1) is 0 Å². The van der Waals surface area contributed by atoms with Crippen LogP contribution in [0.2, 0.25) is 0 Å². The van der Waals surface area contributed by atoms with Crippen molar-refractivity contribution in [2.45, 2.75) is 19.5 Å². The topological polar surface area (TPSA) is 98.2 Å². The van der Waals surface area contributed by atoms with Gasteiger partial charge < -0.3 is 24.2 Å². The van der Waals surface area contributed by atoms with E-state index in [1.54, 1.807) is 60.9 Å². The Hall–Kier alpha value is -4.59. The van der Waals surface area contributed by atoms with E-state index in [9.17, 15) is 14.7 Å². The monoisotopic (exact) mass is 500 g/mol. The van der Waals surface area contributed by atoms with Crippen molar-refractivity contribution >= 4 is 17.4 Å². The van der Waals surface area contributed by atoms with Gasteiger partial charge >= 0.3 is 0 Å². The fourth-order valence-corrected chi connectivity index (χ4v) is 4.36. The van der Waals surface area contributed by atoms with Gasteiger partial charge in [0.15, 0.2) is 11.5 Å². The third-order valence-electron chi connectivity index (χ3n) is 6.14. The summed E-state index contributed by atoms with van der Waals surface area (Å²) in [5.74, 6) is -0.193. The molecule has 2 aromatic carbocycles. The van der Waals surface area contributed by atoms with Gasteiger partial charge in [-0.05, 0) is 60.0 Å². The highest BCUT2D eigenvalue weighted by molar-refractivity contribution is 6.46. The number of methoxy groups -OCH3 is 2. The number of aliphatic hydroxyl groups excluding tert-OH is 1. The largest absolute Gasteiger partial charge is 0.507 e. The maximum absolute atomic E-state index is 13.4. The summed E-state index contributed by atoms with van der Waals surface area (Å²) in [5.41, 5.74) is 2.48. The molecule has 1 saturated heterocycles. The molecule has 1 aromatic heterocycles. The number of carbonyl (C=O) groups is 2. The van der Waals surface area contributed by atoms with Gasteiger partial charge in [0.05, 0.1) is 25.8 Å². The number of ketones is 1. The van der Waals surface area contributed by atoms with Gasteiger partial charge in [-0.1, -0.05) is 24.8 Å². The second-order valence-corrected chi connectivity index (χ2v) is 8.48. The predicted molar refractivity (Wildman–Crippen MR) is 139 cm³/mol. The molecular weight excluding hydrogens is 472 g/mol. The van der Waals surface area contributed by atoms with Gasteiger partial charge in [0, 0.05) is 24.5 Å². The van der Waals surface area contributed by atoms with Crippen LogP contribution in [-0.4, -0.2) is 47.5 Å². The quantitative estimate of drug-likeness (QED) is 0.199. The maximum atomic E-state index is 13.4. The van der Waals surface area contributed by atoms with E-state index in [-0.39, 0.29) is 17.9 Å². The highest BCUT2D eigenvalue weighted by atomic mass is 16.5. The summed E-state index contributed by atoms with van der Waals surface area (Å²) in [6, 6.07) is 13.0. The lowest BCUT2D eigenvalue weighted by Crippen LogP contribution is -2.29. The smallest absolute Gasteiger partial charge is 0.295 e. The molecule has 0 spiro atoms. The van der Waals surface area contributed by atoms with Crippen LogP contribution in [0.15, 0.2) is 79.2 Å². The number of nitrogens with zero attached hydrogens (tertiary/aromatic N) is 2. The zero-order chi connectivity index (χ0) is 26.5. The number of Topliss-reactive ketones (excluding diaryl/α,β-unsaturated/α-hetero) is 1. The summed E-state index contributed by atoms with van der Waals surface area (Å²) < 4.78 is 16.4. The molecule has 0 bridgehead atoms. The molecule has 1 N–H and O–H groups in total. The van der Waals surface area contributed by atoms with Gasteiger partial charge in [-0.2, -0.15) is 0 Å². The van der Waals surface area contributed by atoms with Crippen LogP contribution in [-0.2, 0) is 16.1 Å². The number of hydrogen-bond donors (Lipinski definition) is 1. The number of aromatic nitrogens is 1. The second-order valence-electron chi connectivity index (χ2n) is 8.48. The van der Waals surface area contributed by atoms with Crippen molar-refractivity contribution in [1.82, 2.24) is 9.88 Å².